The molecular weight excluding hydrogens is 506 g/mol. The van der Waals surface area contributed by atoms with Gasteiger partial charge in [-0.1, -0.05) is 41.9 Å². The predicted molar refractivity (Wildman–Crippen MR) is 138 cm³/mol. The molecule has 190 valence electrons. The summed E-state index contributed by atoms with van der Waals surface area (Å²) < 4.78 is 38.0. The number of hydrogen-bond donors (Lipinski definition) is 2. The van der Waals surface area contributed by atoms with Crippen molar-refractivity contribution in [3.8, 4) is 5.75 Å². The van der Waals surface area contributed by atoms with E-state index in [4.69, 9.17) is 21.1 Å². The molecule has 0 radical (unpaired) electrons. The number of hydrogen-bond acceptors (Lipinski definition) is 6. The molecule has 2 N–H and O–H groups in total. The van der Waals surface area contributed by atoms with Gasteiger partial charge in [0, 0.05) is 13.7 Å². The molecule has 0 aliphatic carbocycles. The van der Waals surface area contributed by atoms with Gasteiger partial charge in [-0.3, -0.25) is 13.9 Å². The molecule has 36 heavy (non-hydrogen) atoms. The third-order valence-electron chi connectivity index (χ3n) is 5.08. The third kappa shape index (κ3) is 6.54. The van der Waals surface area contributed by atoms with Gasteiger partial charge in [-0.15, -0.1) is 0 Å². The van der Waals surface area contributed by atoms with E-state index in [0.717, 1.165) is 4.31 Å². The maximum Gasteiger partial charge on any atom is 0.264 e. The van der Waals surface area contributed by atoms with E-state index in [1.165, 1.54) is 44.6 Å². The number of methoxy groups -OCH3 is 2. The number of halogens is 1. The van der Waals surface area contributed by atoms with Crippen molar-refractivity contribution in [1.82, 2.24) is 5.32 Å². The van der Waals surface area contributed by atoms with Gasteiger partial charge in [0.2, 0.25) is 5.91 Å². The van der Waals surface area contributed by atoms with E-state index in [9.17, 15) is 18.0 Å². The van der Waals surface area contributed by atoms with E-state index in [0.29, 0.717) is 18.9 Å². The molecule has 0 aliphatic rings. The van der Waals surface area contributed by atoms with E-state index < -0.39 is 28.4 Å². The van der Waals surface area contributed by atoms with Gasteiger partial charge in [0.1, 0.15) is 12.3 Å². The second-order valence-corrected chi connectivity index (χ2v) is 9.76. The Morgan fingerprint density at radius 1 is 0.972 bits per heavy atom. The first-order chi connectivity index (χ1) is 17.3. The van der Waals surface area contributed by atoms with Crippen molar-refractivity contribution in [3.05, 3.63) is 83.4 Å². The lowest BCUT2D eigenvalue weighted by Gasteiger charge is -2.25. The van der Waals surface area contributed by atoms with E-state index in [1.807, 2.05) is 0 Å². The second-order valence-electron chi connectivity index (χ2n) is 7.49. The summed E-state index contributed by atoms with van der Waals surface area (Å²) in [6.45, 7) is 0.0510. The van der Waals surface area contributed by atoms with Gasteiger partial charge in [-0.2, -0.15) is 0 Å². The number of benzene rings is 3. The molecule has 3 rings (SSSR count). The van der Waals surface area contributed by atoms with Crippen molar-refractivity contribution in [1.29, 1.82) is 0 Å². The van der Waals surface area contributed by atoms with Crippen LogP contribution in [0, 0.1) is 0 Å². The average Bonchev–Trinajstić information content (AvgIpc) is 2.88. The number of ether oxygens (including phenoxy) is 2. The van der Waals surface area contributed by atoms with Crippen molar-refractivity contribution in [3.63, 3.8) is 0 Å². The highest BCUT2D eigenvalue weighted by Gasteiger charge is 2.28. The number of anilines is 2. The Hall–Kier alpha value is -3.60. The molecule has 0 heterocycles. The van der Waals surface area contributed by atoms with Crippen molar-refractivity contribution >= 4 is 44.8 Å². The van der Waals surface area contributed by atoms with Crippen LogP contribution in [-0.2, 0) is 19.6 Å². The monoisotopic (exact) mass is 531 g/mol. The SMILES string of the molecule is COCCNC(=O)c1ccccc1NC(=O)CN(c1ccc(OC)c(Cl)c1)S(=O)(=O)c1ccccc1. The molecule has 0 atom stereocenters. The first-order valence-corrected chi connectivity index (χ1v) is 12.7. The summed E-state index contributed by atoms with van der Waals surface area (Å²) in [7, 11) is -1.18. The third-order valence-corrected chi connectivity index (χ3v) is 7.16. The first kappa shape index (κ1) is 27.0. The van der Waals surface area contributed by atoms with Crippen LogP contribution in [0.5, 0.6) is 5.75 Å². The standard InChI is InChI=1S/C25H26ClN3O6S/c1-34-15-14-27-25(31)20-10-6-7-11-22(20)28-24(30)17-29(18-12-13-23(35-2)21(26)16-18)36(32,33)19-8-4-3-5-9-19/h3-13,16H,14-15,17H2,1-2H3,(H,27,31)(H,28,30). The number of sulfonamides is 1. The highest BCUT2D eigenvalue weighted by Crippen LogP contribution is 2.32. The van der Waals surface area contributed by atoms with E-state index in [1.54, 1.807) is 42.5 Å². The molecule has 9 nitrogen and oxygen atoms in total. The number of carbonyl (C=O) groups excluding carboxylic acids is 2. The summed E-state index contributed by atoms with van der Waals surface area (Å²) in [5.41, 5.74) is 0.638. The summed E-state index contributed by atoms with van der Waals surface area (Å²) in [5, 5.41) is 5.53. The molecule has 3 aromatic rings. The number of para-hydroxylation sites is 1. The first-order valence-electron chi connectivity index (χ1n) is 10.8. The van der Waals surface area contributed by atoms with Crippen LogP contribution in [0.2, 0.25) is 5.02 Å². The zero-order valence-electron chi connectivity index (χ0n) is 19.7. The lowest BCUT2D eigenvalue weighted by atomic mass is 10.1. The van der Waals surface area contributed by atoms with E-state index in [-0.39, 0.29) is 26.9 Å². The highest BCUT2D eigenvalue weighted by molar-refractivity contribution is 7.92. The van der Waals surface area contributed by atoms with Gasteiger partial charge in [-0.05, 0) is 42.5 Å². The number of nitrogens with zero attached hydrogens (tertiary/aromatic N) is 1. The Morgan fingerprint density at radius 2 is 1.67 bits per heavy atom. The number of amides is 2. The number of nitrogens with one attached hydrogen (secondary N) is 2. The van der Waals surface area contributed by atoms with Crippen LogP contribution in [0.4, 0.5) is 11.4 Å². The predicted octanol–water partition coefficient (Wildman–Crippen LogP) is 3.56. The largest absolute Gasteiger partial charge is 0.495 e. The second kappa shape index (κ2) is 12.4. The molecule has 0 unspecified atom stereocenters. The quantitative estimate of drug-likeness (QED) is 0.366. The van der Waals surface area contributed by atoms with Gasteiger partial charge < -0.3 is 20.1 Å². The molecule has 0 spiro atoms. The normalized spacial score (nSPS) is 11.0. The van der Waals surface area contributed by atoms with Crippen molar-refractivity contribution in [2.45, 2.75) is 4.90 Å². The molecule has 3 aromatic carbocycles. The molecule has 0 saturated carbocycles. The van der Waals surface area contributed by atoms with Gasteiger partial charge in [0.15, 0.2) is 0 Å². The number of carbonyl (C=O) groups is 2. The van der Waals surface area contributed by atoms with Crippen LogP contribution < -0.4 is 19.7 Å². The van der Waals surface area contributed by atoms with Crippen molar-refractivity contribution < 1.29 is 27.5 Å². The van der Waals surface area contributed by atoms with Crippen LogP contribution in [0.25, 0.3) is 0 Å². The topological polar surface area (TPSA) is 114 Å². The van der Waals surface area contributed by atoms with Crippen molar-refractivity contribution in [2.75, 3.05) is 43.5 Å². The minimum atomic E-state index is -4.14. The molecule has 11 heteroatoms. The molecular formula is C25H26ClN3O6S. The van der Waals surface area contributed by atoms with Crippen LogP contribution in [-0.4, -0.2) is 54.1 Å². The lowest BCUT2D eigenvalue weighted by Crippen LogP contribution is -2.38. The number of rotatable bonds is 11. The van der Waals surface area contributed by atoms with Crippen LogP contribution >= 0.6 is 11.6 Å². The molecule has 0 fully saturated rings. The average molecular weight is 532 g/mol. The van der Waals surface area contributed by atoms with Crippen molar-refractivity contribution in [2.24, 2.45) is 0 Å². The summed E-state index contributed by atoms with van der Waals surface area (Å²) in [4.78, 5) is 25.7. The summed E-state index contributed by atoms with van der Waals surface area (Å²) >= 11 is 6.24. The minimum absolute atomic E-state index is 0.00246. The van der Waals surface area contributed by atoms with Gasteiger partial charge in [0.05, 0.1) is 40.6 Å². The van der Waals surface area contributed by atoms with Crippen LogP contribution in [0.15, 0.2) is 77.7 Å². The molecule has 0 aromatic heterocycles. The summed E-state index contributed by atoms with van der Waals surface area (Å²) in [6, 6.07) is 18.6. The maximum absolute atomic E-state index is 13.5. The fourth-order valence-electron chi connectivity index (χ4n) is 3.32. The Bertz CT molecular complexity index is 1320. The smallest absolute Gasteiger partial charge is 0.264 e. The van der Waals surface area contributed by atoms with Crippen LogP contribution in [0.3, 0.4) is 0 Å². The molecule has 2 amide bonds. The Labute approximate surface area is 215 Å². The molecule has 0 saturated heterocycles. The maximum atomic E-state index is 13.5. The fourth-order valence-corrected chi connectivity index (χ4v) is 5.00. The summed E-state index contributed by atoms with van der Waals surface area (Å²) in [5.74, 6) is -0.701. The Balaban J connectivity index is 1.91. The van der Waals surface area contributed by atoms with E-state index >= 15 is 0 Å². The Kier molecular flexibility index (Phi) is 9.29. The lowest BCUT2D eigenvalue weighted by molar-refractivity contribution is -0.114. The molecule has 0 aliphatic heterocycles. The summed E-state index contributed by atoms with van der Waals surface area (Å²) in [6.07, 6.45) is 0. The zero-order chi connectivity index (χ0) is 26.1. The van der Waals surface area contributed by atoms with E-state index in [2.05, 4.69) is 10.6 Å². The van der Waals surface area contributed by atoms with Gasteiger partial charge in [0.25, 0.3) is 15.9 Å². The fraction of sp³-hybridized carbons (Fsp3) is 0.200. The Morgan fingerprint density at radius 3 is 2.33 bits per heavy atom. The molecule has 0 bridgehead atoms. The van der Waals surface area contributed by atoms with Gasteiger partial charge in [-0.25, -0.2) is 8.42 Å². The van der Waals surface area contributed by atoms with Gasteiger partial charge >= 0.3 is 0 Å². The minimum Gasteiger partial charge on any atom is -0.495 e. The highest BCUT2D eigenvalue weighted by atomic mass is 35.5. The zero-order valence-corrected chi connectivity index (χ0v) is 21.3. The van der Waals surface area contributed by atoms with Crippen LogP contribution in [0.1, 0.15) is 10.4 Å².